The Morgan fingerprint density at radius 3 is 1.68 bits per heavy atom. The molecule has 9 heteroatoms. The lowest BCUT2D eigenvalue weighted by atomic mass is 9.70. The van der Waals surface area contributed by atoms with Crippen LogP contribution in [0.2, 0.25) is 0 Å². The number of carbonyl (C=O) groups is 4. The smallest absolute Gasteiger partial charge is 0.384 e. The summed E-state index contributed by atoms with van der Waals surface area (Å²) in [7, 11) is 0. The Labute approximate surface area is 372 Å². The van der Waals surface area contributed by atoms with Gasteiger partial charge in [0.25, 0.3) is 0 Å². The third kappa shape index (κ3) is 21.0. The maximum absolute atomic E-state index is 13.0. The van der Waals surface area contributed by atoms with Gasteiger partial charge < -0.3 is 23.7 Å². The summed E-state index contributed by atoms with van der Waals surface area (Å²) in [5, 5.41) is 0. The van der Waals surface area contributed by atoms with Crippen LogP contribution in [0.5, 0.6) is 17.2 Å². The van der Waals surface area contributed by atoms with Crippen molar-refractivity contribution in [3.05, 3.63) is 66.7 Å². The zero-order valence-electron chi connectivity index (χ0n) is 37.7. The summed E-state index contributed by atoms with van der Waals surface area (Å²) in [6.07, 6.45) is 28.5. The summed E-state index contributed by atoms with van der Waals surface area (Å²) in [6.45, 7) is 6.78. The molecule has 0 aliphatic heterocycles. The van der Waals surface area contributed by atoms with Gasteiger partial charge in [-0.15, -0.1) is 0 Å². The third-order valence-corrected chi connectivity index (χ3v) is 12.4. The second-order valence-electron chi connectivity index (χ2n) is 17.3. The van der Waals surface area contributed by atoms with E-state index in [4.69, 9.17) is 23.7 Å². The fourth-order valence-corrected chi connectivity index (χ4v) is 8.67. The number of rotatable bonds is 28. The summed E-state index contributed by atoms with van der Waals surface area (Å²) < 4.78 is 27.8. The number of unbranched alkanes of at least 4 members (excludes halogenated alkanes) is 15. The number of esters is 4. The van der Waals surface area contributed by atoms with Gasteiger partial charge in [-0.3, -0.25) is 9.59 Å². The first-order valence-corrected chi connectivity index (χ1v) is 24.1. The van der Waals surface area contributed by atoms with E-state index in [1.54, 1.807) is 24.3 Å². The Morgan fingerprint density at radius 1 is 0.597 bits per heavy atom. The molecular weight excluding hydrogens is 781 g/mol. The topological polar surface area (TPSA) is 114 Å². The molecule has 0 unspecified atom stereocenters. The van der Waals surface area contributed by atoms with Crippen LogP contribution in [0, 0.1) is 29.6 Å². The maximum atomic E-state index is 13.0. The molecule has 0 N–H and O–H groups in total. The molecule has 0 atom stereocenters. The summed E-state index contributed by atoms with van der Waals surface area (Å²) in [4.78, 5) is 48.9. The molecule has 0 amide bonds. The molecule has 62 heavy (non-hydrogen) atoms. The predicted octanol–water partition coefficient (Wildman–Crippen LogP) is 12.6. The number of hydrogen-bond donors (Lipinski definition) is 0. The van der Waals surface area contributed by atoms with Gasteiger partial charge in [0.2, 0.25) is 0 Å². The van der Waals surface area contributed by atoms with E-state index in [1.807, 2.05) is 24.3 Å². The van der Waals surface area contributed by atoms with Crippen molar-refractivity contribution in [1.29, 1.82) is 0 Å². The third-order valence-electron chi connectivity index (χ3n) is 12.4. The first kappa shape index (κ1) is 50.1. The highest BCUT2D eigenvalue weighted by Crippen LogP contribution is 2.41. The Hall–Kier alpha value is -4.58. The lowest BCUT2D eigenvalue weighted by Crippen LogP contribution is -2.31. The Morgan fingerprint density at radius 2 is 1.10 bits per heavy atom. The highest BCUT2D eigenvalue weighted by atomic mass is 16.5. The first-order valence-electron chi connectivity index (χ1n) is 24.1. The SMILES string of the molecule is C=CC(=O)OCCCCCCCCCCCOc1ccc(C#CC(=O)OC2CCC(C3CCC(C(=O)Oc4ccc(OC(=O)CCCCCCCCCC)cc4)CC3)CC2)cc1. The van der Waals surface area contributed by atoms with Gasteiger partial charge in [-0.1, -0.05) is 109 Å². The number of hydrogen-bond acceptors (Lipinski definition) is 9. The van der Waals surface area contributed by atoms with Gasteiger partial charge in [-0.25, -0.2) is 9.59 Å². The average Bonchev–Trinajstić information content (AvgIpc) is 3.29. The van der Waals surface area contributed by atoms with E-state index in [0.29, 0.717) is 43.0 Å². The molecule has 4 rings (SSSR count). The van der Waals surface area contributed by atoms with Gasteiger partial charge in [-0.2, -0.15) is 0 Å². The van der Waals surface area contributed by atoms with Crippen molar-refractivity contribution in [3.63, 3.8) is 0 Å². The zero-order valence-corrected chi connectivity index (χ0v) is 37.7. The van der Waals surface area contributed by atoms with Crippen molar-refractivity contribution in [2.45, 2.75) is 180 Å². The molecule has 2 fully saturated rings. The van der Waals surface area contributed by atoms with Gasteiger partial charge in [0, 0.05) is 24.0 Å². The highest BCUT2D eigenvalue weighted by Gasteiger charge is 2.34. The van der Waals surface area contributed by atoms with E-state index < -0.39 is 5.97 Å². The molecule has 0 bridgehead atoms. The van der Waals surface area contributed by atoms with E-state index in [1.165, 1.54) is 70.3 Å². The average molecular weight is 855 g/mol. The van der Waals surface area contributed by atoms with Crippen molar-refractivity contribution < 1.29 is 42.9 Å². The molecule has 9 nitrogen and oxygen atoms in total. The highest BCUT2D eigenvalue weighted by molar-refractivity contribution is 5.89. The molecule has 2 saturated carbocycles. The predicted molar refractivity (Wildman–Crippen MR) is 244 cm³/mol. The minimum absolute atomic E-state index is 0.105. The molecule has 2 aromatic carbocycles. The van der Waals surface area contributed by atoms with Gasteiger partial charge in [0.15, 0.2) is 0 Å². The molecule has 0 radical (unpaired) electrons. The van der Waals surface area contributed by atoms with Crippen LogP contribution < -0.4 is 14.2 Å². The molecular formula is C53H74O9. The van der Waals surface area contributed by atoms with Gasteiger partial charge in [-0.05, 0) is 131 Å². The zero-order chi connectivity index (χ0) is 44.0. The minimum atomic E-state index is -0.482. The van der Waals surface area contributed by atoms with Crippen molar-refractivity contribution in [2.24, 2.45) is 17.8 Å². The Bertz CT molecular complexity index is 1660. The molecule has 0 heterocycles. The monoisotopic (exact) mass is 855 g/mol. The van der Waals surface area contributed by atoms with E-state index in [-0.39, 0.29) is 29.9 Å². The molecule has 0 spiro atoms. The molecule has 2 aliphatic rings. The van der Waals surface area contributed by atoms with Crippen LogP contribution in [-0.2, 0) is 28.7 Å². The number of carbonyl (C=O) groups excluding carboxylic acids is 4. The Kier molecular flexibility index (Phi) is 24.6. The van der Waals surface area contributed by atoms with Gasteiger partial charge >= 0.3 is 23.9 Å². The number of benzene rings is 2. The van der Waals surface area contributed by atoms with Crippen molar-refractivity contribution >= 4 is 23.9 Å². The molecule has 2 aromatic rings. The van der Waals surface area contributed by atoms with Crippen molar-refractivity contribution in [3.8, 4) is 29.1 Å². The first-order chi connectivity index (χ1) is 30.3. The van der Waals surface area contributed by atoms with Crippen LogP contribution in [-0.4, -0.2) is 43.2 Å². The normalized spacial score (nSPS) is 18.4. The molecule has 0 aromatic heterocycles. The van der Waals surface area contributed by atoms with E-state index in [2.05, 4.69) is 25.3 Å². The summed E-state index contributed by atoms with van der Waals surface area (Å²) >= 11 is 0. The van der Waals surface area contributed by atoms with Crippen LogP contribution >= 0.6 is 0 Å². The lowest BCUT2D eigenvalue weighted by Gasteiger charge is -2.37. The second kappa shape index (κ2) is 30.5. The fraction of sp³-hybridized carbons (Fsp3) is 0.623. The second-order valence-corrected chi connectivity index (χ2v) is 17.3. The lowest BCUT2D eigenvalue weighted by molar-refractivity contribution is -0.144. The van der Waals surface area contributed by atoms with Gasteiger partial charge in [0.05, 0.1) is 19.1 Å². The fourth-order valence-electron chi connectivity index (χ4n) is 8.67. The van der Waals surface area contributed by atoms with Crippen LogP contribution in [0.25, 0.3) is 0 Å². The van der Waals surface area contributed by atoms with Crippen molar-refractivity contribution in [1.82, 2.24) is 0 Å². The largest absolute Gasteiger partial charge is 0.494 e. The van der Waals surface area contributed by atoms with E-state index in [0.717, 1.165) is 108 Å². The summed E-state index contributed by atoms with van der Waals surface area (Å²) in [6, 6.07) is 14.3. The van der Waals surface area contributed by atoms with E-state index >= 15 is 0 Å². The van der Waals surface area contributed by atoms with Crippen molar-refractivity contribution in [2.75, 3.05) is 13.2 Å². The van der Waals surface area contributed by atoms with Crippen LogP contribution in [0.1, 0.15) is 179 Å². The van der Waals surface area contributed by atoms with Gasteiger partial charge in [0.1, 0.15) is 23.4 Å². The number of ether oxygens (including phenoxy) is 5. The van der Waals surface area contributed by atoms with Crippen LogP contribution in [0.3, 0.4) is 0 Å². The Balaban J connectivity index is 1.00. The maximum Gasteiger partial charge on any atom is 0.384 e. The standard InChI is InChI=1S/C53H74O9/c1-3-5-6-7-8-12-15-18-21-51(55)60-48-35-37-49(38-36-48)62-53(57)45-27-25-43(26-28-45)44-29-33-47(34-30-44)61-52(56)39-24-42-22-31-46(32-23-42)58-40-19-16-13-10-9-11-14-17-20-41-59-50(54)4-2/h4,22-23,31-32,35-38,43-45,47H,2-3,5-21,25-30,33-34,40-41H2,1H3. The minimum Gasteiger partial charge on any atom is -0.494 e. The molecule has 340 valence electrons. The quantitative estimate of drug-likeness (QED) is 0.0271. The summed E-state index contributed by atoms with van der Waals surface area (Å²) in [5.41, 5.74) is 0.746. The summed E-state index contributed by atoms with van der Waals surface area (Å²) in [5.74, 6) is 7.13. The van der Waals surface area contributed by atoms with E-state index in [9.17, 15) is 19.2 Å². The van der Waals surface area contributed by atoms with Crippen LogP contribution in [0.15, 0.2) is 61.2 Å². The molecule has 0 saturated heterocycles. The molecule has 2 aliphatic carbocycles. The van der Waals surface area contributed by atoms with Crippen LogP contribution in [0.4, 0.5) is 0 Å².